The highest BCUT2D eigenvalue weighted by atomic mass is 32.1. The van der Waals surface area contributed by atoms with Crippen LogP contribution in [0, 0.1) is 0 Å². The fourth-order valence-corrected chi connectivity index (χ4v) is 10.1. The van der Waals surface area contributed by atoms with E-state index in [1.807, 2.05) is 23.5 Å². The second-order valence-electron chi connectivity index (χ2n) is 15.8. The third kappa shape index (κ3) is 6.63. The summed E-state index contributed by atoms with van der Waals surface area (Å²) in [6.07, 6.45) is 0. The van der Waals surface area contributed by atoms with Gasteiger partial charge in [-0.15, -0.1) is 11.3 Å². The standard InChI is InChI=1S/C58H36N4S/c1-3-13-37(14-4-1)39-25-31-43(32-26-39)56-60-57(44-33-27-40(28-34-44)38-15-5-2-6-16-38)62-58(61-56)45-35-29-42(30-36-45)54-53-49-20-9-10-24-51(49)63-55(53)52-48(22-12-23-50(52)59-54)47-21-11-18-41-17-7-8-19-46(41)47/h1-36H. The molecule has 0 bridgehead atoms. The second kappa shape index (κ2) is 15.4. The highest BCUT2D eigenvalue weighted by molar-refractivity contribution is 7.26. The normalized spacial score (nSPS) is 11.5. The van der Waals surface area contributed by atoms with E-state index in [2.05, 4.69) is 206 Å². The molecule has 0 N–H and O–H groups in total. The van der Waals surface area contributed by atoms with Crippen LogP contribution in [0.25, 0.3) is 121 Å². The minimum absolute atomic E-state index is 0.609. The number of pyridine rings is 1. The Morgan fingerprint density at radius 3 is 1.33 bits per heavy atom. The van der Waals surface area contributed by atoms with Gasteiger partial charge in [-0.05, 0) is 56.3 Å². The average molecular weight is 821 g/mol. The topological polar surface area (TPSA) is 51.6 Å². The van der Waals surface area contributed by atoms with E-state index in [9.17, 15) is 0 Å². The Morgan fingerprint density at radius 1 is 0.286 bits per heavy atom. The van der Waals surface area contributed by atoms with Crippen molar-refractivity contribution in [2.45, 2.75) is 0 Å². The van der Waals surface area contributed by atoms with E-state index >= 15 is 0 Å². The Morgan fingerprint density at radius 2 is 0.730 bits per heavy atom. The van der Waals surface area contributed by atoms with E-state index in [1.165, 1.54) is 58.6 Å². The molecule has 0 radical (unpaired) electrons. The van der Waals surface area contributed by atoms with Crippen molar-refractivity contribution in [2.75, 3.05) is 0 Å². The Hall–Kier alpha value is -8.12. The molecular weight excluding hydrogens is 785 g/mol. The second-order valence-corrected chi connectivity index (χ2v) is 16.8. The Labute approximate surface area is 368 Å². The van der Waals surface area contributed by atoms with Crippen molar-refractivity contribution in [2.24, 2.45) is 0 Å². The van der Waals surface area contributed by atoms with Crippen LogP contribution in [0.15, 0.2) is 218 Å². The van der Waals surface area contributed by atoms with Crippen LogP contribution in [0.2, 0.25) is 0 Å². The summed E-state index contributed by atoms with van der Waals surface area (Å²) in [7, 11) is 0. The van der Waals surface area contributed by atoms with Gasteiger partial charge in [-0.1, -0.05) is 206 Å². The molecule has 9 aromatic carbocycles. The summed E-state index contributed by atoms with van der Waals surface area (Å²) in [6, 6.07) is 76.8. The zero-order valence-electron chi connectivity index (χ0n) is 34.0. The molecule has 0 saturated heterocycles. The van der Waals surface area contributed by atoms with Gasteiger partial charge in [-0.3, -0.25) is 0 Å². The van der Waals surface area contributed by atoms with Crippen LogP contribution in [0.3, 0.4) is 0 Å². The molecule has 12 aromatic rings. The fraction of sp³-hybridized carbons (Fsp3) is 0. The van der Waals surface area contributed by atoms with Crippen molar-refractivity contribution in [3.8, 4) is 78.8 Å². The van der Waals surface area contributed by atoms with Crippen molar-refractivity contribution in [3.63, 3.8) is 0 Å². The molecule has 12 rings (SSSR count). The smallest absolute Gasteiger partial charge is 0.164 e. The summed E-state index contributed by atoms with van der Waals surface area (Å²) >= 11 is 1.85. The minimum Gasteiger partial charge on any atom is -0.247 e. The SMILES string of the molecule is c1ccc(-c2ccc(-c3nc(-c4ccc(-c5ccccc5)cc4)nc(-c4ccc(-c5nc6cccc(-c7cccc8ccccc78)c6c6sc7ccccc7c56)cc4)n3)cc2)cc1. The van der Waals surface area contributed by atoms with E-state index in [0.717, 1.165) is 44.6 Å². The van der Waals surface area contributed by atoms with Crippen molar-refractivity contribution in [3.05, 3.63) is 218 Å². The molecule has 3 aromatic heterocycles. The van der Waals surface area contributed by atoms with Crippen molar-refractivity contribution in [1.82, 2.24) is 19.9 Å². The van der Waals surface area contributed by atoms with Crippen LogP contribution in [-0.4, -0.2) is 19.9 Å². The Bertz CT molecular complexity index is 3530. The van der Waals surface area contributed by atoms with E-state index in [-0.39, 0.29) is 0 Å². The van der Waals surface area contributed by atoms with Gasteiger partial charge < -0.3 is 0 Å². The maximum Gasteiger partial charge on any atom is 0.164 e. The molecule has 5 heteroatoms. The summed E-state index contributed by atoms with van der Waals surface area (Å²) in [5.41, 5.74) is 12.7. The molecule has 0 spiro atoms. The summed E-state index contributed by atoms with van der Waals surface area (Å²) in [5.74, 6) is 1.85. The summed E-state index contributed by atoms with van der Waals surface area (Å²) < 4.78 is 2.48. The lowest BCUT2D eigenvalue weighted by molar-refractivity contribution is 1.07. The van der Waals surface area contributed by atoms with E-state index in [0.29, 0.717) is 17.5 Å². The summed E-state index contributed by atoms with van der Waals surface area (Å²) in [5, 5.41) is 6.03. The van der Waals surface area contributed by atoms with Crippen LogP contribution in [0.1, 0.15) is 0 Å². The molecule has 0 saturated carbocycles. The van der Waals surface area contributed by atoms with Gasteiger partial charge in [-0.25, -0.2) is 19.9 Å². The van der Waals surface area contributed by atoms with E-state index < -0.39 is 0 Å². The van der Waals surface area contributed by atoms with Gasteiger partial charge in [0.15, 0.2) is 17.5 Å². The summed E-state index contributed by atoms with van der Waals surface area (Å²) in [6.45, 7) is 0. The maximum atomic E-state index is 5.50. The van der Waals surface area contributed by atoms with Gasteiger partial charge in [0.25, 0.3) is 0 Å². The van der Waals surface area contributed by atoms with Crippen LogP contribution in [0.4, 0.5) is 0 Å². The average Bonchev–Trinajstić information content (AvgIpc) is 3.76. The number of hydrogen-bond acceptors (Lipinski definition) is 5. The summed E-state index contributed by atoms with van der Waals surface area (Å²) in [4.78, 5) is 20.8. The number of benzene rings is 9. The molecule has 0 aliphatic rings. The van der Waals surface area contributed by atoms with Crippen LogP contribution in [0.5, 0.6) is 0 Å². The van der Waals surface area contributed by atoms with Gasteiger partial charge in [0.2, 0.25) is 0 Å². The van der Waals surface area contributed by atoms with Gasteiger partial charge in [-0.2, -0.15) is 0 Å². The predicted octanol–water partition coefficient (Wildman–Crippen LogP) is 15.6. The highest BCUT2D eigenvalue weighted by Gasteiger charge is 2.20. The first-order chi connectivity index (χ1) is 31.2. The molecule has 0 amide bonds. The first-order valence-corrected chi connectivity index (χ1v) is 21.9. The van der Waals surface area contributed by atoms with E-state index in [1.54, 1.807) is 0 Å². The molecule has 0 aliphatic heterocycles. The molecule has 3 heterocycles. The number of rotatable bonds is 7. The van der Waals surface area contributed by atoms with Crippen LogP contribution >= 0.6 is 11.3 Å². The zero-order valence-corrected chi connectivity index (χ0v) is 34.8. The molecule has 0 unspecified atom stereocenters. The first-order valence-electron chi connectivity index (χ1n) is 21.1. The molecular formula is C58H36N4S. The van der Waals surface area contributed by atoms with Crippen molar-refractivity contribution < 1.29 is 0 Å². The minimum atomic E-state index is 0.609. The van der Waals surface area contributed by atoms with Gasteiger partial charge in [0.05, 0.1) is 11.2 Å². The number of hydrogen-bond donors (Lipinski definition) is 0. The van der Waals surface area contributed by atoms with Crippen molar-refractivity contribution >= 4 is 53.2 Å². The molecule has 0 aliphatic carbocycles. The lowest BCUT2D eigenvalue weighted by atomic mass is 9.93. The Balaban J connectivity index is 0.983. The van der Waals surface area contributed by atoms with Gasteiger partial charge >= 0.3 is 0 Å². The first kappa shape index (κ1) is 36.7. The molecule has 294 valence electrons. The molecule has 4 nitrogen and oxygen atoms in total. The number of aromatic nitrogens is 4. The van der Waals surface area contributed by atoms with E-state index in [4.69, 9.17) is 19.9 Å². The van der Waals surface area contributed by atoms with Crippen LogP contribution < -0.4 is 0 Å². The largest absolute Gasteiger partial charge is 0.247 e. The fourth-order valence-electron chi connectivity index (χ4n) is 8.82. The van der Waals surface area contributed by atoms with Crippen molar-refractivity contribution in [1.29, 1.82) is 0 Å². The number of thiophene rings is 1. The van der Waals surface area contributed by atoms with Gasteiger partial charge in [0.1, 0.15) is 0 Å². The van der Waals surface area contributed by atoms with Crippen LogP contribution in [-0.2, 0) is 0 Å². The number of nitrogens with zero attached hydrogens (tertiary/aromatic N) is 4. The molecule has 0 fully saturated rings. The quantitative estimate of drug-likeness (QED) is 0.161. The highest BCUT2D eigenvalue weighted by Crippen LogP contribution is 2.46. The Kier molecular flexibility index (Phi) is 8.98. The monoisotopic (exact) mass is 820 g/mol. The lowest BCUT2D eigenvalue weighted by Crippen LogP contribution is -2.00. The molecule has 63 heavy (non-hydrogen) atoms. The maximum absolute atomic E-state index is 5.50. The zero-order chi connectivity index (χ0) is 41.7. The third-order valence-corrected chi connectivity index (χ3v) is 13.2. The predicted molar refractivity (Wildman–Crippen MR) is 264 cm³/mol. The number of fused-ring (bicyclic) bond motifs is 6. The third-order valence-electron chi connectivity index (χ3n) is 12.0. The van der Waals surface area contributed by atoms with Gasteiger partial charge in [0, 0.05) is 47.8 Å². The lowest BCUT2D eigenvalue weighted by Gasteiger charge is -2.13. The molecule has 0 atom stereocenters.